The Morgan fingerprint density at radius 2 is 1.47 bits per heavy atom. The molecule has 0 radical (unpaired) electrons. The van der Waals surface area contributed by atoms with Crippen LogP contribution < -0.4 is 0 Å². The van der Waals surface area contributed by atoms with E-state index in [1.165, 1.54) is 45.0 Å². The van der Waals surface area contributed by atoms with Gasteiger partial charge >= 0.3 is 5.97 Å². The second-order valence-corrected chi connectivity index (χ2v) is 7.99. The zero-order valence-corrected chi connectivity index (χ0v) is 19.0. The van der Waals surface area contributed by atoms with Gasteiger partial charge in [-0.25, -0.2) is 4.79 Å². The molecular formula is C30H32O2. The molecule has 32 heavy (non-hydrogen) atoms. The van der Waals surface area contributed by atoms with Gasteiger partial charge in [-0.3, -0.25) is 0 Å². The predicted octanol–water partition coefficient (Wildman–Crippen LogP) is 7.89. The molecule has 2 heteroatoms. The van der Waals surface area contributed by atoms with Gasteiger partial charge in [0.05, 0.1) is 6.61 Å². The van der Waals surface area contributed by atoms with Gasteiger partial charge in [-0.2, -0.15) is 0 Å². The first kappa shape index (κ1) is 23.3. The third-order valence-corrected chi connectivity index (χ3v) is 5.72. The minimum Gasteiger partial charge on any atom is -0.463 e. The van der Waals surface area contributed by atoms with Gasteiger partial charge in [0.2, 0.25) is 0 Å². The van der Waals surface area contributed by atoms with Crippen LogP contribution in [0.1, 0.15) is 43.7 Å². The predicted molar refractivity (Wildman–Crippen MR) is 135 cm³/mol. The maximum atomic E-state index is 11.0. The van der Waals surface area contributed by atoms with Crippen molar-refractivity contribution in [3.8, 4) is 22.3 Å². The summed E-state index contributed by atoms with van der Waals surface area (Å²) in [6, 6.07) is 26.2. The van der Waals surface area contributed by atoms with Crippen molar-refractivity contribution in [2.75, 3.05) is 6.61 Å². The quantitative estimate of drug-likeness (QED) is 0.178. The minimum absolute atomic E-state index is 0.343. The van der Waals surface area contributed by atoms with E-state index in [4.69, 9.17) is 4.74 Å². The molecule has 2 nitrogen and oxygen atoms in total. The van der Waals surface area contributed by atoms with Crippen LogP contribution in [-0.2, 0) is 16.0 Å². The van der Waals surface area contributed by atoms with Crippen LogP contribution >= 0.6 is 0 Å². The molecule has 0 aromatic heterocycles. The maximum absolute atomic E-state index is 11.0. The lowest BCUT2D eigenvalue weighted by atomic mass is 9.96. The highest BCUT2D eigenvalue weighted by Crippen LogP contribution is 2.28. The number of carbonyl (C=O) groups excluding carboxylic acids is 1. The van der Waals surface area contributed by atoms with Crippen LogP contribution in [0.5, 0.6) is 0 Å². The molecule has 0 bridgehead atoms. The van der Waals surface area contributed by atoms with Gasteiger partial charge < -0.3 is 4.74 Å². The van der Waals surface area contributed by atoms with Crippen molar-refractivity contribution in [3.05, 3.63) is 103 Å². The fourth-order valence-corrected chi connectivity index (χ4v) is 3.68. The molecule has 3 rings (SSSR count). The lowest BCUT2D eigenvalue weighted by molar-refractivity contribution is -0.137. The number of aryl methyl sites for hydroxylation is 1. The number of allylic oxidation sites excluding steroid dienone is 1. The van der Waals surface area contributed by atoms with Gasteiger partial charge in [0.15, 0.2) is 0 Å². The van der Waals surface area contributed by atoms with Crippen molar-refractivity contribution in [3.63, 3.8) is 0 Å². The largest absolute Gasteiger partial charge is 0.463 e. The van der Waals surface area contributed by atoms with E-state index in [1.54, 1.807) is 0 Å². The first-order valence-electron chi connectivity index (χ1n) is 11.4. The smallest absolute Gasteiger partial charge is 0.330 e. The zero-order valence-electron chi connectivity index (χ0n) is 19.0. The molecular weight excluding hydrogens is 392 g/mol. The van der Waals surface area contributed by atoms with E-state index in [2.05, 4.69) is 92.9 Å². The van der Waals surface area contributed by atoms with Gasteiger partial charge in [0.25, 0.3) is 0 Å². The second-order valence-electron chi connectivity index (χ2n) is 7.99. The van der Waals surface area contributed by atoms with Crippen molar-refractivity contribution in [1.29, 1.82) is 0 Å². The first-order chi connectivity index (χ1) is 15.6. The molecule has 0 saturated heterocycles. The summed E-state index contributed by atoms with van der Waals surface area (Å²) in [5.74, 6) is -0.343. The number of hydrogen-bond acceptors (Lipinski definition) is 2. The molecule has 0 atom stereocenters. The normalized spacial score (nSPS) is 10.5. The Bertz CT molecular complexity index is 1040. The summed E-state index contributed by atoms with van der Waals surface area (Å²) in [6.07, 6.45) is 6.22. The summed E-state index contributed by atoms with van der Waals surface area (Å²) in [7, 11) is 0. The molecule has 0 N–H and O–H groups in total. The van der Waals surface area contributed by atoms with E-state index in [-0.39, 0.29) is 5.97 Å². The number of benzene rings is 3. The standard InChI is InChI=1S/C30H32O2/c1-4-23(3)25-17-19-27(20-18-25)29-12-9-11-28(22-29)26-15-13-24(14-16-26)10-7-6-8-21-32-30(31)5-2/h5,9,11-20,22H,2-4,6-8,10,21H2,1H3. The number of rotatable bonds is 11. The molecule has 0 fully saturated rings. The number of esters is 1. The minimum atomic E-state index is -0.343. The topological polar surface area (TPSA) is 26.3 Å². The molecule has 0 unspecified atom stereocenters. The molecule has 0 aliphatic heterocycles. The fraction of sp³-hybridized carbons (Fsp3) is 0.233. The van der Waals surface area contributed by atoms with Crippen molar-refractivity contribution in [2.24, 2.45) is 0 Å². The third kappa shape index (κ3) is 6.55. The highest BCUT2D eigenvalue weighted by molar-refractivity contribution is 5.81. The summed E-state index contributed by atoms with van der Waals surface area (Å²) >= 11 is 0. The second kappa shape index (κ2) is 11.9. The summed E-state index contributed by atoms with van der Waals surface area (Å²) in [5.41, 5.74) is 8.59. The van der Waals surface area contributed by atoms with Crippen molar-refractivity contribution < 1.29 is 9.53 Å². The highest BCUT2D eigenvalue weighted by Gasteiger charge is 2.04. The number of hydrogen-bond donors (Lipinski definition) is 0. The molecule has 0 heterocycles. The average Bonchev–Trinajstić information content (AvgIpc) is 2.86. The fourth-order valence-electron chi connectivity index (χ4n) is 3.68. The van der Waals surface area contributed by atoms with Crippen molar-refractivity contribution in [1.82, 2.24) is 0 Å². The SMILES string of the molecule is C=CC(=O)OCCCCCc1ccc(-c2cccc(-c3ccc(C(=C)CC)cc3)c2)cc1. The Morgan fingerprint density at radius 3 is 2.06 bits per heavy atom. The third-order valence-electron chi connectivity index (χ3n) is 5.72. The molecule has 3 aromatic rings. The van der Waals surface area contributed by atoms with Crippen LogP contribution in [-0.4, -0.2) is 12.6 Å². The summed E-state index contributed by atoms with van der Waals surface area (Å²) < 4.78 is 5.01. The molecule has 164 valence electrons. The van der Waals surface area contributed by atoms with E-state index in [0.29, 0.717) is 6.61 Å². The molecule has 3 aromatic carbocycles. The Balaban J connectivity index is 1.57. The summed E-state index contributed by atoms with van der Waals surface area (Å²) in [6.45, 7) is 10.1. The number of carbonyl (C=O) groups is 1. The van der Waals surface area contributed by atoms with E-state index in [9.17, 15) is 4.79 Å². The van der Waals surface area contributed by atoms with Crippen LogP contribution in [0.25, 0.3) is 27.8 Å². The van der Waals surface area contributed by atoms with E-state index in [0.717, 1.165) is 32.1 Å². The van der Waals surface area contributed by atoms with Crippen LogP contribution in [0.4, 0.5) is 0 Å². The first-order valence-corrected chi connectivity index (χ1v) is 11.4. The Hall–Kier alpha value is -3.39. The molecule has 0 amide bonds. The molecule has 0 aliphatic carbocycles. The van der Waals surface area contributed by atoms with Crippen LogP contribution in [0.15, 0.2) is 92.0 Å². The summed E-state index contributed by atoms with van der Waals surface area (Å²) in [4.78, 5) is 11.0. The van der Waals surface area contributed by atoms with Crippen LogP contribution in [0, 0.1) is 0 Å². The van der Waals surface area contributed by atoms with E-state index >= 15 is 0 Å². The Labute approximate surface area is 192 Å². The Morgan fingerprint density at radius 1 is 0.844 bits per heavy atom. The van der Waals surface area contributed by atoms with Gasteiger partial charge in [-0.15, -0.1) is 0 Å². The van der Waals surface area contributed by atoms with Crippen LogP contribution in [0.2, 0.25) is 0 Å². The average molecular weight is 425 g/mol. The monoisotopic (exact) mass is 424 g/mol. The van der Waals surface area contributed by atoms with E-state index < -0.39 is 0 Å². The van der Waals surface area contributed by atoms with Crippen LogP contribution in [0.3, 0.4) is 0 Å². The van der Waals surface area contributed by atoms with Gasteiger partial charge in [-0.05, 0) is 77.1 Å². The maximum Gasteiger partial charge on any atom is 0.330 e. The lowest BCUT2D eigenvalue weighted by Gasteiger charge is -2.09. The molecule has 0 saturated carbocycles. The molecule has 0 spiro atoms. The van der Waals surface area contributed by atoms with Gasteiger partial charge in [-0.1, -0.05) is 86.8 Å². The number of ether oxygens (including phenoxy) is 1. The van der Waals surface area contributed by atoms with E-state index in [1.807, 2.05) is 0 Å². The van der Waals surface area contributed by atoms with Gasteiger partial charge in [0, 0.05) is 6.08 Å². The van der Waals surface area contributed by atoms with Crippen molar-refractivity contribution in [2.45, 2.75) is 39.0 Å². The lowest BCUT2D eigenvalue weighted by Crippen LogP contribution is -2.01. The Kier molecular flexibility index (Phi) is 8.62. The number of unbranched alkanes of at least 4 members (excludes halogenated alkanes) is 2. The highest BCUT2D eigenvalue weighted by atomic mass is 16.5. The summed E-state index contributed by atoms with van der Waals surface area (Å²) in [5, 5.41) is 0. The van der Waals surface area contributed by atoms with Crippen molar-refractivity contribution >= 4 is 11.5 Å². The zero-order chi connectivity index (χ0) is 22.8. The molecule has 0 aliphatic rings. The van der Waals surface area contributed by atoms with Gasteiger partial charge in [0.1, 0.15) is 0 Å².